The maximum absolute atomic E-state index is 12.1. The van der Waals surface area contributed by atoms with Gasteiger partial charge in [-0.3, -0.25) is 9.69 Å². The van der Waals surface area contributed by atoms with Gasteiger partial charge < -0.3 is 10.2 Å². The number of nitrogens with zero attached hydrogens (tertiary/aromatic N) is 2. The molecule has 1 aliphatic heterocycles. The van der Waals surface area contributed by atoms with Gasteiger partial charge in [0.15, 0.2) is 5.78 Å². The Morgan fingerprint density at radius 1 is 1.21 bits per heavy atom. The van der Waals surface area contributed by atoms with Crippen LogP contribution in [0, 0.1) is 0 Å². The molecule has 0 bridgehead atoms. The van der Waals surface area contributed by atoms with Gasteiger partial charge in [0, 0.05) is 38.3 Å². The van der Waals surface area contributed by atoms with Crippen LogP contribution in [0.4, 0.5) is 0 Å². The molecule has 1 fully saturated rings. The average Bonchev–Trinajstić information content (AvgIpc) is 2.42. The number of Topliss-reactive ketones (excluding diaryl/α,β-unsaturated/α-hetero) is 1. The van der Waals surface area contributed by atoms with Crippen molar-refractivity contribution in [1.29, 1.82) is 0 Å². The van der Waals surface area contributed by atoms with Crippen LogP contribution in [0.25, 0.3) is 0 Å². The summed E-state index contributed by atoms with van der Waals surface area (Å²) in [5, 5.41) is 2.93. The molecular weight excluding hydrogens is 238 g/mol. The summed E-state index contributed by atoms with van der Waals surface area (Å²) in [5.74, 6) is 0.173. The fourth-order valence-electron chi connectivity index (χ4n) is 2.43. The van der Waals surface area contributed by atoms with Gasteiger partial charge in [-0.1, -0.05) is 24.3 Å². The second-order valence-electron chi connectivity index (χ2n) is 5.19. The Labute approximate surface area is 115 Å². The number of likely N-dealkylation sites (N-methyl/N-ethyl adjacent to an activating group) is 2. The normalized spacial score (nSPS) is 17.6. The SMILES string of the molecule is CNCC(=O)c1ccccc1CN1CCN(C)CC1. The molecule has 1 aromatic rings. The number of nitrogens with one attached hydrogen (secondary N) is 1. The number of rotatable bonds is 5. The van der Waals surface area contributed by atoms with E-state index in [2.05, 4.69) is 28.2 Å². The highest BCUT2D eigenvalue weighted by Crippen LogP contribution is 2.13. The summed E-state index contributed by atoms with van der Waals surface area (Å²) in [7, 11) is 3.96. The maximum Gasteiger partial charge on any atom is 0.176 e. The molecule has 0 unspecified atom stereocenters. The summed E-state index contributed by atoms with van der Waals surface area (Å²) in [4.78, 5) is 16.8. The lowest BCUT2D eigenvalue weighted by Gasteiger charge is -2.32. The van der Waals surface area contributed by atoms with Gasteiger partial charge in [-0.2, -0.15) is 0 Å². The number of carbonyl (C=O) groups excluding carboxylic acids is 1. The Morgan fingerprint density at radius 3 is 2.58 bits per heavy atom. The third-order valence-electron chi connectivity index (χ3n) is 3.64. The summed E-state index contributed by atoms with van der Waals surface area (Å²) in [6, 6.07) is 7.96. The summed E-state index contributed by atoms with van der Waals surface area (Å²) in [6.07, 6.45) is 0. The molecule has 104 valence electrons. The first kappa shape index (κ1) is 14.2. The number of piperazine rings is 1. The molecule has 0 saturated carbocycles. The number of benzene rings is 1. The van der Waals surface area contributed by atoms with Crippen LogP contribution in [0.2, 0.25) is 0 Å². The number of carbonyl (C=O) groups is 1. The van der Waals surface area contributed by atoms with E-state index in [4.69, 9.17) is 0 Å². The highest BCUT2D eigenvalue weighted by Gasteiger charge is 2.16. The lowest BCUT2D eigenvalue weighted by atomic mass is 10.0. The van der Waals surface area contributed by atoms with Gasteiger partial charge in [-0.05, 0) is 19.7 Å². The zero-order chi connectivity index (χ0) is 13.7. The van der Waals surface area contributed by atoms with Crippen molar-refractivity contribution in [3.05, 3.63) is 35.4 Å². The highest BCUT2D eigenvalue weighted by atomic mass is 16.1. The molecule has 0 spiro atoms. The van der Waals surface area contributed by atoms with E-state index in [1.54, 1.807) is 7.05 Å². The number of hydrogen-bond acceptors (Lipinski definition) is 4. The molecule has 2 rings (SSSR count). The smallest absolute Gasteiger partial charge is 0.176 e. The Kier molecular flexibility index (Phi) is 5.07. The minimum Gasteiger partial charge on any atom is -0.313 e. The number of ketones is 1. The van der Waals surface area contributed by atoms with Crippen LogP contribution in [0.5, 0.6) is 0 Å². The quantitative estimate of drug-likeness (QED) is 0.797. The van der Waals surface area contributed by atoms with E-state index in [9.17, 15) is 4.79 Å². The lowest BCUT2D eigenvalue weighted by Crippen LogP contribution is -2.44. The minimum atomic E-state index is 0.173. The van der Waals surface area contributed by atoms with Gasteiger partial charge in [0.1, 0.15) is 0 Å². The largest absolute Gasteiger partial charge is 0.313 e. The van der Waals surface area contributed by atoms with Crippen molar-refractivity contribution in [2.75, 3.05) is 46.8 Å². The summed E-state index contributed by atoms with van der Waals surface area (Å²) in [6.45, 7) is 5.63. The molecule has 0 amide bonds. The van der Waals surface area contributed by atoms with Crippen molar-refractivity contribution in [3.8, 4) is 0 Å². The molecule has 1 heterocycles. The van der Waals surface area contributed by atoms with Gasteiger partial charge >= 0.3 is 0 Å². The molecule has 0 aliphatic carbocycles. The zero-order valence-electron chi connectivity index (χ0n) is 11.9. The lowest BCUT2D eigenvalue weighted by molar-refractivity contribution is 0.0989. The Bertz CT molecular complexity index is 425. The third kappa shape index (κ3) is 3.86. The van der Waals surface area contributed by atoms with Crippen molar-refractivity contribution in [2.24, 2.45) is 0 Å². The predicted molar refractivity (Wildman–Crippen MR) is 77.5 cm³/mol. The van der Waals surface area contributed by atoms with Gasteiger partial charge in [0.05, 0.1) is 6.54 Å². The average molecular weight is 261 g/mol. The van der Waals surface area contributed by atoms with E-state index in [1.807, 2.05) is 18.2 Å². The Balaban J connectivity index is 2.05. The monoisotopic (exact) mass is 261 g/mol. The van der Waals surface area contributed by atoms with Crippen LogP contribution in [0.1, 0.15) is 15.9 Å². The Morgan fingerprint density at radius 2 is 1.89 bits per heavy atom. The Hall–Kier alpha value is -1.23. The molecule has 1 N–H and O–H groups in total. The van der Waals surface area contributed by atoms with Crippen LogP contribution in [0.3, 0.4) is 0 Å². The summed E-state index contributed by atoms with van der Waals surface area (Å²) in [5.41, 5.74) is 2.00. The summed E-state index contributed by atoms with van der Waals surface area (Å²) >= 11 is 0. The van der Waals surface area contributed by atoms with Crippen LogP contribution in [-0.2, 0) is 6.54 Å². The molecule has 1 saturated heterocycles. The van der Waals surface area contributed by atoms with Crippen molar-refractivity contribution < 1.29 is 4.79 Å². The molecule has 19 heavy (non-hydrogen) atoms. The highest BCUT2D eigenvalue weighted by molar-refractivity contribution is 5.98. The maximum atomic E-state index is 12.1. The molecule has 1 aliphatic rings. The fraction of sp³-hybridized carbons (Fsp3) is 0.533. The van der Waals surface area contributed by atoms with E-state index in [0.717, 1.165) is 43.9 Å². The van der Waals surface area contributed by atoms with Gasteiger partial charge in [0.2, 0.25) is 0 Å². The molecule has 0 aromatic heterocycles. The molecule has 1 aromatic carbocycles. The van der Waals surface area contributed by atoms with Crippen LogP contribution < -0.4 is 5.32 Å². The fourth-order valence-corrected chi connectivity index (χ4v) is 2.43. The van der Waals surface area contributed by atoms with Crippen molar-refractivity contribution >= 4 is 5.78 Å². The topological polar surface area (TPSA) is 35.6 Å². The second-order valence-corrected chi connectivity index (χ2v) is 5.19. The van der Waals surface area contributed by atoms with Crippen LogP contribution in [0.15, 0.2) is 24.3 Å². The van der Waals surface area contributed by atoms with Crippen LogP contribution >= 0.6 is 0 Å². The zero-order valence-corrected chi connectivity index (χ0v) is 11.9. The standard InChI is InChI=1S/C15H23N3O/c1-16-11-15(19)14-6-4-3-5-13(14)12-18-9-7-17(2)8-10-18/h3-6,16H,7-12H2,1-2H3. The van der Waals surface area contributed by atoms with Gasteiger partial charge in [-0.15, -0.1) is 0 Å². The minimum absolute atomic E-state index is 0.173. The molecule has 0 atom stereocenters. The molecule has 4 heteroatoms. The van der Waals surface area contributed by atoms with Crippen LogP contribution in [-0.4, -0.2) is 62.4 Å². The van der Waals surface area contributed by atoms with Crippen molar-refractivity contribution in [1.82, 2.24) is 15.1 Å². The van der Waals surface area contributed by atoms with E-state index in [0.29, 0.717) is 6.54 Å². The van der Waals surface area contributed by atoms with E-state index >= 15 is 0 Å². The molecular formula is C15H23N3O. The molecule has 4 nitrogen and oxygen atoms in total. The second kappa shape index (κ2) is 6.80. The van der Waals surface area contributed by atoms with Gasteiger partial charge in [0.25, 0.3) is 0 Å². The first-order chi connectivity index (χ1) is 9.20. The predicted octanol–water partition coefficient (Wildman–Crippen LogP) is 0.836. The summed E-state index contributed by atoms with van der Waals surface area (Å²) < 4.78 is 0. The van der Waals surface area contributed by atoms with Crippen molar-refractivity contribution in [2.45, 2.75) is 6.54 Å². The first-order valence-electron chi connectivity index (χ1n) is 6.87. The van der Waals surface area contributed by atoms with E-state index < -0.39 is 0 Å². The molecule has 0 radical (unpaired) electrons. The van der Waals surface area contributed by atoms with Gasteiger partial charge in [-0.25, -0.2) is 0 Å². The number of hydrogen-bond donors (Lipinski definition) is 1. The first-order valence-corrected chi connectivity index (χ1v) is 6.87. The third-order valence-corrected chi connectivity index (χ3v) is 3.64. The van der Waals surface area contributed by atoms with E-state index in [-0.39, 0.29) is 5.78 Å². The van der Waals surface area contributed by atoms with Crippen molar-refractivity contribution in [3.63, 3.8) is 0 Å². The van der Waals surface area contributed by atoms with E-state index in [1.165, 1.54) is 0 Å².